The number of nitrogens with zero attached hydrogens (tertiary/aromatic N) is 2. The average molecular weight is 637 g/mol. The smallest absolute Gasteiger partial charge is 0.407 e. The number of ketones is 1. The molecule has 1 aliphatic heterocycles. The average Bonchev–Trinajstić information content (AvgIpc) is 3.19. The summed E-state index contributed by atoms with van der Waals surface area (Å²) < 4.78 is 14.2. The number of ether oxygens (including phenoxy) is 2. The molecule has 2 aliphatic rings. The minimum atomic E-state index is -0.560. The number of hydrogen-bond donors (Lipinski definition) is 2. The monoisotopic (exact) mass is 636 g/mol. The second-order valence-corrected chi connectivity index (χ2v) is 12.1. The zero-order chi connectivity index (χ0) is 27.4. The Morgan fingerprint density at radius 3 is 2.63 bits per heavy atom. The van der Waals surface area contributed by atoms with E-state index in [0.29, 0.717) is 50.2 Å². The second kappa shape index (κ2) is 12.1. The van der Waals surface area contributed by atoms with Crippen LogP contribution in [0.2, 0.25) is 0 Å². The summed E-state index contributed by atoms with van der Waals surface area (Å²) >= 11 is 2.32. The van der Waals surface area contributed by atoms with Gasteiger partial charge in [-0.3, -0.25) is 9.59 Å². The molecule has 2 amide bonds. The van der Waals surface area contributed by atoms with Gasteiger partial charge >= 0.3 is 6.09 Å². The Bertz CT molecular complexity index is 1210. The lowest BCUT2D eigenvalue weighted by molar-refractivity contribution is -0.118. The summed E-state index contributed by atoms with van der Waals surface area (Å²) in [7, 11) is 0. The fourth-order valence-electron chi connectivity index (χ4n) is 4.90. The number of hydrogen-bond acceptors (Lipinski definition) is 6. The Balaban J connectivity index is 1.57. The number of carbonyl (C=O) groups excluding carboxylic acids is 3. The molecule has 206 valence electrons. The van der Waals surface area contributed by atoms with E-state index in [-0.39, 0.29) is 17.9 Å². The number of fused-ring (bicyclic) bond motifs is 1. The van der Waals surface area contributed by atoms with Gasteiger partial charge in [0.1, 0.15) is 11.4 Å². The number of aryl methyl sites for hydroxylation is 2. The molecule has 1 aromatic carbocycles. The molecule has 0 radical (unpaired) electrons. The molecule has 9 nitrogen and oxygen atoms in total. The molecular weight excluding hydrogens is 599 g/mol. The summed E-state index contributed by atoms with van der Waals surface area (Å²) in [6.07, 6.45) is 4.44. The number of alkyl carbamates (subject to hydrolysis) is 1. The summed E-state index contributed by atoms with van der Waals surface area (Å²) in [6, 6.07) is 4.20. The number of halogens is 1. The highest BCUT2D eigenvalue weighted by atomic mass is 127. The molecule has 10 heteroatoms. The summed E-state index contributed by atoms with van der Waals surface area (Å²) in [5.41, 5.74) is 4.41. The van der Waals surface area contributed by atoms with Crippen LogP contribution < -0.4 is 10.6 Å². The highest BCUT2D eigenvalue weighted by molar-refractivity contribution is 14.1. The summed E-state index contributed by atoms with van der Waals surface area (Å²) in [6.45, 7) is 8.70. The van der Waals surface area contributed by atoms with Gasteiger partial charge in [-0.05, 0) is 106 Å². The molecule has 1 saturated heterocycles. The quantitative estimate of drug-likeness (QED) is 0.332. The van der Waals surface area contributed by atoms with Crippen molar-refractivity contribution in [2.24, 2.45) is 0 Å². The van der Waals surface area contributed by atoms with Crippen molar-refractivity contribution >= 4 is 40.4 Å². The van der Waals surface area contributed by atoms with E-state index in [9.17, 15) is 14.4 Å². The Labute approximate surface area is 237 Å². The summed E-state index contributed by atoms with van der Waals surface area (Å²) in [5.74, 6) is 0.0179. The Kier molecular flexibility index (Phi) is 9.12. The minimum Gasteiger partial charge on any atom is -0.444 e. The molecular formula is C28H37IN4O5. The number of nitrogens with one attached hydrogen (secondary N) is 2. The normalized spacial score (nSPS) is 17.6. The van der Waals surface area contributed by atoms with Gasteiger partial charge in [-0.1, -0.05) is 0 Å². The van der Waals surface area contributed by atoms with Gasteiger partial charge in [-0.25, -0.2) is 9.48 Å². The molecule has 0 saturated carbocycles. The topological polar surface area (TPSA) is 112 Å². The zero-order valence-corrected chi connectivity index (χ0v) is 24.8. The van der Waals surface area contributed by atoms with E-state index in [1.54, 1.807) is 0 Å². The summed E-state index contributed by atoms with van der Waals surface area (Å²) in [4.78, 5) is 37.6. The van der Waals surface area contributed by atoms with Gasteiger partial charge in [0.05, 0.1) is 17.0 Å². The third-order valence-electron chi connectivity index (χ3n) is 6.65. The first-order chi connectivity index (χ1) is 18.0. The Morgan fingerprint density at radius 1 is 1.16 bits per heavy atom. The van der Waals surface area contributed by atoms with Crippen LogP contribution in [-0.2, 0) is 27.1 Å². The van der Waals surface area contributed by atoms with Gasteiger partial charge < -0.3 is 20.1 Å². The van der Waals surface area contributed by atoms with Gasteiger partial charge in [-0.15, -0.1) is 0 Å². The highest BCUT2D eigenvalue weighted by Gasteiger charge is 2.30. The van der Waals surface area contributed by atoms with Gasteiger partial charge in [0.25, 0.3) is 5.91 Å². The van der Waals surface area contributed by atoms with Crippen molar-refractivity contribution < 1.29 is 23.9 Å². The molecule has 0 bridgehead atoms. The summed E-state index contributed by atoms with van der Waals surface area (Å²) in [5, 5.41) is 10.5. The van der Waals surface area contributed by atoms with Crippen molar-refractivity contribution in [1.29, 1.82) is 0 Å². The molecule has 1 atom stereocenters. The first kappa shape index (κ1) is 28.5. The zero-order valence-electron chi connectivity index (χ0n) is 22.6. The minimum absolute atomic E-state index is 0.221. The van der Waals surface area contributed by atoms with E-state index >= 15 is 0 Å². The molecule has 1 aliphatic carbocycles. The molecule has 2 heterocycles. The van der Waals surface area contributed by atoms with Crippen LogP contribution in [0.1, 0.15) is 86.3 Å². The molecule has 38 heavy (non-hydrogen) atoms. The van der Waals surface area contributed by atoms with E-state index in [2.05, 4.69) is 45.4 Å². The number of rotatable bonds is 7. The number of carbonyl (C=O) groups is 3. The first-order valence-corrected chi connectivity index (χ1v) is 14.4. The largest absolute Gasteiger partial charge is 0.444 e. The lowest BCUT2D eigenvalue weighted by atomic mass is 9.88. The lowest BCUT2D eigenvalue weighted by Gasteiger charge is -2.26. The SMILES string of the molecule is Cc1nn(C2CCCCO2)c(-c2cc3c(cc2I)CCC(=O)C3)c1C(=O)NCCCNC(=O)OC(C)(C)C. The van der Waals surface area contributed by atoms with Crippen molar-refractivity contribution in [3.05, 3.63) is 38.1 Å². The van der Waals surface area contributed by atoms with Crippen LogP contribution >= 0.6 is 22.6 Å². The maximum Gasteiger partial charge on any atom is 0.407 e. The molecule has 1 aromatic heterocycles. The highest BCUT2D eigenvalue weighted by Crippen LogP contribution is 2.37. The first-order valence-electron chi connectivity index (χ1n) is 13.3. The molecule has 2 aromatic rings. The van der Waals surface area contributed by atoms with Crippen LogP contribution in [0.3, 0.4) is 0 Å². The van der Waals surface area contributed by atoms with Crippen LogP contribution in [0.25, 0.3) is 11.3 Å². The van der Waals surface area contributed by atoms with Crippen molar-refractivity contribution in [1.82, 2.24) is 20.4 Å². The molecule has 1 unspecified atom stereocenters. The fourth-order valence-corrected chi connectivity index (χ4v) is 5.69. The van der Waals surface area contributed by atoms with Crippen molar-refractivity contribution in [3.8, 4) is 11.3 Å². The lowest BCUT2D eigenvalue weighted by Crippen LogP contribution is -2.34. The molecule has 2 N–H and O–H groups in total. The maximum atomic E-state index is 13.5. The van der Waals surface area contributed by atoms with Gasteiger partial charge in [0.2, 0.25) is 0 Å². The van der Waals surface area contributed by atoms with Crippen molar-refractivity contribution in [2.45, 2.75) is 84.5 Å². The van der Waals surface area contributed by atoms with E-state index < -0.39 is 11.7 Å². The van der Waals surface area contributed by atoms with E-state index in [0.717, 1.165) is 46.1 Å². The van der Waals surface area contributed by atoms with E-state index in [4.69, 9.17) is 14.6 Å². The Morgan fingerprint density at radius 2 is 1.92 bits per heavy atom. The van der Waals surface area contributed by atoms with Crippen molar-refractivity contribution in [3.63, 3.8) is 0 Å². The number of Topliss-reactive ketones (excluding diaryl/α,β-unsaturated/α-hetero) is 1. The molecule has 0 spiro atoms. The van der Waals surface area contributed by atoms with Gasteiger partial charge in [0.15, 0.2) is 6.23 Å². The number of amides is 2. The molecule has 1 fully saturated rings. The van der Waals surface area contributed by atoms with Crippen LogP contribution in [0, 0.1) is 10.5 Å². The fraction of sp³-hybridized carbons (Fsp3) is 0.571. The van der Waals surface area contributed by atoms with Crippen LogP contribution in [0.5, 0.6) is 0 Å². The third kappa shape index (κ3) is 6.93. The predicted octanol–water partition coefficient (Wildman–Crippen LogP) is 4.86. The van der Waals surface area contributed by atoms with Crippen molar-refractivity contribution in [2.75, 3.05) is 19.7 Å². The van der Waals surface area contributed by atoms with Crippen LogP contribution in [0.4, 0.5) is 4.79 Å². The van der Waals surface area contributed by atoms with Crippen LogP contribution in [0.15, 0.2) is 12.1 Å². The number of aromatic nitrogens is 2. The maximum absolute atomic E-state index is 13.5. The number of benzene rings is 1. The predicted molar refractivity (Wildman–Crippen MR) is 152 cm³/mol. The Hall–Kier alpha value is -2.47. The van der Waals surface area contributed by atoms with E-state index in [1.807, 2.05) is 32.4 Å². The molecule has 4 rings (SSSR count). The van der Waals surface area contributed by atoms with Crippen LogP contribution in [-0.4, -0.2) is 52.9 Å². The third-order valence-corrected chi connectivity index (χ3v) is 7.55. The second-order valence-electron chi connectivity index (χ2n) is 10.9. The van der Waals surface area contributed by atoms with Gasteiger partial charge in [-0.2, -0.15) is 5.10 Å². The standard InChI is InChI=1S/C28H37IN4O5/c1-17-24(26(35)30-11-7-12-31-27(36)38-28(2,3)4)25(33(32-17)23-8-5-6-13-37-23)21-15-19-14-20(34)10-9-18(19)16-22(21)29/h15-16,23H,5-14H2,1-4H3,(H,30,35)(H,31,36). The van der Waals surface area contributed by atoms with E-state index in [1.165, 1.54) is 5.56 Å². The van der Waals surface area contributed by atoms with Gasteiger partial charge in [0, 0.05) is 41.7 Å².